The smallest absolute Gasteiger partial charge is 0.326 e. The molecule has 1 aliphatic heterocycles. The van der Waals surface area contributed by atoms with Gasteiger partial charge in [0.05, 0.1) is 6.04 Å². The van der Waals surface area contributed by atoms with Crippen LogP contribution in [0.2, 0.25) is 0 Å². The molecule has 3 N–H and O–H groups in total. The number of likely N-dealkylation sites (N-methyl/N-ethyl adjacent to an activating group) is 1. The summed E-state index contributed by atoms with van der Waals surface area (Å²) in [7, 11) is 2.03. The Morgan fingerprint density at radius 3 is 2.94 bits per heavy atom. The van der Waals surface area contributed by atoms with Gasteiger partial charge in [0.25, 0.3) is 5.56 Å². The van der Waals surface area contributed by atoms with Crippen LogP contribution in [-0.4, -0.2) is 34.6 Å². The van der Waals surface area contributed by atoms with Crippen molar-refractivity contribution in [1.29, 1.82) is 0 Å². The minimum atomic E-state index is -0.377. The minimum Gasteiger partial charge on any atom is -0.326 e. The first kappa shape index (κ1) is 12.1. The fourth-order valence-electron chi connectivity index (χ4n) is 2.31. The second kappa shape index (κ2) is 4.85. The SMILES string of the molecule is CN1CCCC(n2cc(CN)c(=O)[nH]c2=O)C1. The van der Waals surface area contributed by atoms with Gasteiger partial charge in [-0.1, -0.05) is 0 Å². The van der Waals surface area contributed by atoms with Crippen LogP contribution in [0.5, 0.6) is 0 Å². The van der Waals surface area contributed by atoms with E-state index in [1.54, 1.807) is 10.8 Å². The molecule has 1 aliphatic rings. The van der Waals surface area contributed by atoms with E-state index in [2.05, 4.69) is 9.88 Å². The highest BCUT2D eigenvalue weighted by molar-refractivity contribution is 5.04. The van der Waals surface area contributed by atoms with E-state index in [9.17, 15) is 9.59 Å². The fourth-order valence-corrected chi connectivity index (χ4v) is 2.31. The second-order valence-electron chi connectivity index (χ2n) is 4.58. The Bertz CT molecular complexity index is 505. The van der Waals surface area contributed by atoms with Crippen LogP contribution in [0.25, 0.3) is 0 Å². The van der Waals surface area contributed by atoms with E-state index in [-0.39, 0.29) is 23.8 Å². The summed E-state index contributed by atoms with van der Waals surface area (Å²) in [5, 5.41) is 0. The van der Waals surface area contributed by atoms with E-state index in [0.29, 0.717) is 5.56 Å². The Morgan fingerprint density at radius 1 is 1.53 bits per heavy atom. The van der Waals surface area contributed by atoms with Gasteiger partial charge in [-0.2, -0.15) is 0 Å². The van der Waals surface area contributed by atoms with Crippen molar-refractivity contribution in [1.82, 2.24) is 14.5 Å². The number of aromatic amines is 1. The first-order chi connectivity index (χ1) is 8.11. The number of likely N-dealkylation sites (tertiary alicyclic amines) is 1. The molecular weight excluding hydrogens is 220 g/mol. The van der Waals surface area contributed by atoms with Gasteiger partial charge in [-0.3, -0.25) is 14.3 Å². The lowest BCUT2D eigenvalue weighted by atomic mass is 10.1. The summed E-state index contributed by atoms with van der Waals surface area (Å²) in [5.41, 5.74) is 5.22. The monoisotopic (exact) mass is 238 g/mol. The molecule has 2 heterocycles. The van der Waals surface area contributed by atoms with E-state index in [4.69, 9.17) is 5.73 Å². The van der Waals surface area contributed by atoms with Crippen LogP contribution in [0.4, 0.5) is 0 Å². The van der Waals surface area contributed by atoms with Gasteiger partial charge in [0.15, 0.2) is 0 Å². The molecule has 1 aromatic rings. The van der Waals surface area contributed by atoms with Gasteiger partial charge >= 0.3 is 5.69 Å². The molecule has 1 unspecified atom stereocenters. The van der Waals surface area contributed by atoms with Crippen molar-refractivity contribution in [3.05, 3.63) is 32.6 Å². The zero-order chi connectivity index (χ0) is 12.4. The van der Waals surface area contributed by atoms with E-state index in [1.807, 2.05) is 7.05 Å². The van der Waals surface area contributed by atoms with Crippen LogP contribution < -0.4 is 17.0 Å². The third-order valence-electron chi connectivity index (χ3n) is 3.25. The summed E-state index contributed by atoms with van der Waals surface area (Å²) < 4.78 is 1.61. The lowest BCUT2D eigenvalue weighted by Crippen LogP contribution is -2.41. The van der Waals surface area contributed by atoms with Crippen LogP contribution in [0, 0.1) is 0 Å². The highest BCUT2D eigenvalue weighted by Crippen LogP contribution is 2.18. The summed E-state index contributed by atoms with van der Waals surface area (Å²) in [6.45, 7) is 2.03. The molecule has 94 valence electrons. The van der Waals surface area contributed by atoms with E-state index in [0.717, 1.165) is 25.9 Å². The molecule has 0 saturated carbocycles. The van der Waals surface area contributed by atoms with Crippen LogP contribution in [0.1, 0.15) is 24.4 Å². The molecule has 6 heteroatoms. The first-order valence-electron chi connectivity index (χ1n) is 5.84. The number of H-pyrrole nitrogens is 1. The predicted molar refractivity (Wildman–Crippen MR) is 65.0 cm³/mol. The molecule has 1 fully saturated rings. The summed E-state index contributed by atoms with van der Waals surface area (Å²) >= 11 is 0. The van der Waals surface area contributed by atoms with Crippen molar-refractivity contribution in [3.63, 3.8) is 0 Å². The van der Waals surface area contributed by atoms with Crippen LogP contribution >= 0.6 is 0 Å². The number of nitrogens with one attached hydrogen (secondary N) is 1. The highest BCUT2D eigenvalue weighted by atomic mass is 16.2. The molecule has 1 aromatic heterocycles. The number of hydrogen-bond acceptors (Lipinski definition) is 4. The molecule has 0 amide bonds. The number of hydrogen-bond donors (Lipinski definition) is 2. The lowest BCUT2D eigenvalue weighted by Gasteiger charge is -2.30. The first-order valence-corrected chi connectivity index (χ1v) is 5.84. The Kier molecular flexibility index (Phi) is 3.44. The second-order valence-corrected chi connectivity index (χ2v) is 4.58. The maximum Gasteiger partial charge on any atom is 0.328 e. The van der Waals surface area contributed by atoms with Gasteiger partial charge in [-0.05, 0) is 26.4 Å². The van der Waals surface area contributed by atoms with E-state index < -0.39 is 0 Å². The summed E-state index contributed by atoms with van der Waals surface area (Å²) in [6, 6.07) is 0.128. The number of piperidine rings is 1. The molecule has 0 spiro atoms. The fraction of sp³-hybridized carbons (Fsp3) is 0.636. The number of nitrogens with two attached hydrogens (primary N) is 1. The summed E-state index contributed by atoms with van der Waals surface area (Å²) in [4.78, 5) is 27.7. The average molecular weight is 238 g/mol. The molecule has 17 heavy (non-hydrogen) atoms. The predicted octanol–water partition coefficient (Wildman–Crippen LogP) is -0.738. The topological polar surface area (TPSA) is 84.1 Å². The molecule has 1 atom stereocenters. The average Bonchev–Trinajstić information content (AvgIpc) is 2.29. The summed E-state index contributed by atoms with van der Waals surface area (Å²) in [6.07, 6.45) is 3.62. The maximum atomic E-state index is 11.8. The number of rotatable bonds is 2. The summed E-state index contributed by atoms with van der Waals surface area (Å²) in [5.74, 6) is 0. The highest BCUT2D eigenvalue weighted by Gasteiger charge is 2.20. The standard InChI is InChI=1S/C11H18N4O2/c1-14-4-2-3-9(7-14)15-6-8(5-12)10(16)13-11(15)17/h6,9H,2-5,7,12H2,1H3,(H,13,16,17). The van der Waals surface area contributed by atoms with Crippen LogP contribution in [-0.2, 0) is 6.54 Å². The van der Waals surface area contributed by atoms with Crippen molar-refractivity contribution in [2.75, 3.05) is 20.1 Å². The Hall–Kier alpha value is -1.40. The molecule has 2 rings (SSSR count). The molecule has 0 aliphatic carbocycles. The molecule has 0 aromatic carbocycles. The Balaban J connectivity index is 2.37. The van der Waals surface area contributed by atoms with Crippen molar-refractivity contribution in [2.24, 2.45) is 5.73 Å². The quantitative estimate of drug-likeness (QED) is 0.711. The van der Waals surface area contributed by atoms with Gasteiger partial charge in [0.2, 0.25) is 0 Å². The van der Waals surface area contributed by atoms with Crippen molar-refractivity contribution < 1.29 is 0 Å². The third-order valence-corrected chi connectivity index (χ3v) is 3.25. The normalized spacial score (nSPS) is 21.6. The van der Waals surface area contributed by atoms with Crippen LogP contribution in [0.15, 0.2) is 15.8 Å². The lowest BCUT2D eigenvalue weighted by molar-refractivity contribution is 0.207. The van der Waals surface area contributed by atoms with Gasteiger partial charge in [-0.25, -0.2) is 4.79 Å². The van der Waals surface area contributed by atoms with Crippen LogP contribution in [0.3, 0.4) is 0 Å². The van der Waals surface area contributed by atoms with Gasteiger partial charge in [0, 0.05) is 24.8 Å². The van der Waals surface area contributed by atoms with Crippen molar-refractivity contribution >= 4 is 0 Å². The number of aromatic nitrogens is 2. The zero-order valence-electron chi connectivity index (χ0n) is 9.98. The minimum absolute atomic E-state index is 0.128. The molecular formula is C11H18N4O2. The third kappa shape index (κ3) is 2.48. The largest absolute Gasteiger partial charge is 0.328 e. The molecule has 0 radical (unpaired) electrons. The van der Waals surface area contributed by atoms with Gasteiger partial charge < -0.3 is 10.6 Å². The zero-order valence-corrected chi connectivity index (χ0v) is 9.98. The van der Waals surface area contributed by atoms with Crippen molar-refractivity contribution in [2.45, 2.75) is 25.4 Å². The van der Waals surface area contributed by atoms with Gasteiger partial charge in [0.1, 0.15) is 0 Å². The Labute approximate surface area is 99.1 Å². The molecule has 0 bridgehead atoms. The van der Waals surface area contributed by atoms with Gasteiger partial charge in [-0.15, -0.1) is 0 Å². The molecule has 1 saturated heterocycles. The number of nitrogens with zero attached hydrogens (tertiary/aromatic N) is 2. The molecule has 6 nitrogen and oxygen atoms in total. The maximum absolute atomic E-state index is 11.8. The van der Waals surface area contributed by atoms with E-state index >= 15 is 0 Å². The van der Waals surface area contributed by atoms with E-state index in [1.165, 1.54) is 0 Å². The Morgan fingerprint density at radius 2 is 2.29 bits per heavy atom. The van der Waals surface area contributed by atoms with Crippen molar-refractivity contribution in [3.8, 4) is 0 Å².